The van der Waals surface area contributed by atoms with Gasteiger partial charge < -0.3 is 19.6 Å². The zero-order valence-electron chi connectivity index (χ0n) is 22.7. The number of ether oxygens (including phenoxy) is 1. The molecule has 5 rings (SSSR count). The highest BCUT2D eigenvalue weighted by Gasteiger charge is 2.24. The summed E-state index contributed by atoms with van der Waals surface area (Å²) in [4.78, 5) is 35.8. The van der Waals surface area contributed by atoms with Crippen molar-refractivity contribution in [2.45, 2.75) is 33.2 Å². The molecule has 0 aliphatic carbocycles. The molecule has 1 aromatic carbocycles. The summed E-state index contributed by atoms with van der Waals surface area (Å²) in [5.74, 6) is 1.50. The molecule has 1 N–H and O–H groups in total. The fourth-order valence-electron chi connectivity index (χ4n) is 5.10. The summed E-state index contributed by atoms with van der Waals surface area (Å²) < 4.78 is 7.41. The minimum atomic E-state index is 0.00735. The van der Waals surface area contributed by atoms with Crippen molar-refractivity contribution in [3.8, 4) is 17.1 Å². The van der Waals surface area contributed by atoms with Crippen LogP contribution in [0.25, 0.3) is 16.9 Å². The highest BCUT2D eigenvalue weighted by atomic mass is 16.5. The van der Waals surface area contributed by atoms with Crippen molar-refractivity contribution in [2.24, 2.45) is 0 Å². The molecule has 206 valence electrons. The average molecular weight is 533 g/mol. The van der Waals surface area contributed by atoms with Crippen molar-refractivity contribution >= 4 is 23.0 Å². The van der Waals surface area contributed by atoms with Crippen LogP contribution in [0.1, 0.15) is 32.3 Å². The molecular formula is C29H36N6O4. The Kier molecular flexibility index (Phi) is 8.23. The molecule has 10 heteroatoms. The molecule has 39 heavy (non-hydrogen) atoms. The fourth-order valence-corrected chi connectivity index (χ4v) is 5.10. The van der Waals surface area contributed by atoms with E-state index in [1.165, 1.54) is 0 Å². The first-order chi connectivity index (χ1) is 18.9. The van der Waals surface area contributed by atoms with E-state index in [0.29, 0.717) is 37.7 Å². The lowest BCUT2D eigenvalue weighted by Gasteiger charge is -2.34. The SMILES string of the molecule is CC(C)=CC(=O)CCC(=O)N1CCN(Cc2cc3c(N4CCOCC4)nc(-c4ccccc4O)nn3c2)CC1. The van der Waals surface area contributed by atoms with Gasteiger partial charge in [-0.1, -0.05) is 17.7 Å². The number of morpholine rings is 1. The number of para-hydroxylation sites is 1. The van der Waals surface area contributed by atoms with Crippen LogP contribution in [0.15, 0.2) is 48.2 Å². The summed E-state index contributed by atoms with van der Waals surface area (Å²) in [6.07, 6.45) is 4.15. The number of carbonyl (C=O) groups is 2. The van der Waals surface area contributed by atoms with Crippen molar-refractivity contribution < 1.29 is 19.4 Å². The van der Waals surface area contributed by atoms with Crippen LogP contribution in [0.3, 0.4) is 0 Å². The van der Waals surface area contributed by atoms with Crippen LogP contribution >= 0.6 is 0 Å². The third kappa shape index (κ3) is 6.46. The molecule has 2 aliphatic heterocycles. The molecule has 0 atom stereocenters. The zero-order chi connectivity index (χ0) is 27.4. The number of amides is 1. The summed E-state index contributed by atoms with van der Waals surface area (Å²) in [7, 11) is 0. The monoisotopic (exact) mass is 532 g/mol. The van der Waals surface area contributed by atoms with Crippen molar-refractivity contribution in [3.05, 3.63) is 53.7 Å². The third-order valence-electron chi connectivity index (χ3n) is 7.12. The van der Waals surface area contributed by atoms with Crippen molar-refractivity contribution in [1.82, 2.24) is 24.4 Å². The number of hydrogen-bond acceptors (Lipinski definition) is 8. The Bertz CT molecular complexity index is 1370. The predicted molar refractivity (Wildman–Crippen MR) is 149 cm³/mol. The maximum Gasteiger partial charge on any atom is 0.223 e. The second-order valence-electron chi connectivity index (χ2n) is 10.4. The molecule has 2 aromatic heterocycles. The number of allylic oxidation sites excluding steroid dienone is 2. The Hall–Kier alpha value is -3.76. The summed E-state index contributed by atoms with van der Waals surface area (Å²) in [6, 6.07) is 9.24. The van der Waals surface area contributed by atoms with Crippen LogP contribution in [0.4, 0.5) is 5.82 Å². The topological polar surface area (TPSA) is 104 Å². The number of hydrogen-bond donors (Lipinski definition) is 1. The Balaban J connectivity index is 1.29. The molecule has 0 saturated carbocycles. The Morgan fingerprint density at radius 3 is 2.49 bits per heavy atom. The number of benzene rings is 1. The van der Waals surface area contributed by atoms with E-state index in [9.17, 15) is 14.7 Å². The smallest absolute Gasteiger partial charge is 0.223 e. The second kappa shape index (κ2) is 12.0. The lowest BCUT2D eigenvalue weighted by Crippen LogP contribution is -2.48. The lowest BCUT2D eigenvalue weighted by molar-refractivity contribution is -0.134. The fraction of sp³-hybridized carbons (Fsp3) is 0.448. The number of carbonyl (C=O) groups excluding carboxylic acids is 2. The highest BCUT2D eigenvalue weighted by Crippen LogP contribution is 2.30. The normalized spacial score (nSPS) is 16.5. The molecule has 10 nitrogen and oxygen atoms in total. The maximum atomic E-state index is 12.6. The van der Waals surface area contributed by atoms with Crippen LogP contribution in [0.5, 0.6) is 5.75 Å². The molecule has 2 saturated heterocycles. The molecule has 0 bridgehead atoms. The first-order valence-electron chi connectivity index (χ1n) is 13.6. The number of anilines is 1. The predicted octanol–water partition coefficient (Wildman–Crippen LogP) is 2.90. The van der Waals surface area contributed by atoms with Crippen LogP contribution < -0.4 is 4.90 Å². The molecule has 0 spiro atoms. The van der Waals surface area contributed by atoms with Crippen LogP contribution in [-0.2, 0) is 20.9 Å². The second-order valence-corrected chi connectivity index (χ2v) is 10.4. The quantitative estimate of drug-likeness (QED) is 0.442. The van der Waals surface area contributed by atoms with Gasteiger partial charge in [-0.15, -0.1) is 5.10 Å². The van der Waals surface area contributed by atoms with Gasteiger partial charge in [-0.3, -0.25) is 14.5 Å². The van der Waals surface area contributed by atoms with E-state index in [0.717, 1.165) is 55.2 Å². The summed E-state index contributed by atoms with van der Waals surface area (Å²) in [5.41, 5.74) is 3.57. The Morgan fingerprint density at radius 2 is 1.77 bits per heavy atom. The van der Waals surface area contributed by atoms with Gasteiger partial charge in [-0.2, -0.15) is 0 Å². The number of piperazine rings is 1. The molecular weight excluding hydrogens is 496 g/mol. The Morgan fingerprint density at radius 1 is 1.03 bits per heavy atom. The van der Waals surface area contributed by atoms with Gasteiger partial charge in [0.15, 0.2) is 17.4 Å². The van der Waals surface area contributed by atoms with Gasteiger partial charge in [-0.25, -0.2) is 9.50 Å². The van der Waals surface area contributed by atoms with Crippen LogP contribution in [-0.4, -0.2) is 93.7 Å². The van der Waals surface area contributed by atoms with Gasteiger partial charge >= 0.3 is 0 Å². The molecule has 0 radical (unpaired) electrons. The molecule has 3 aromatic rings. The largest absolute Gasteiger partial charge is 0.507 e. The van der Waals surface area contributed by atoms with Gasteiger partial charge in [0.2, 0.25) is 5.91 Å². The van der Waals surface area contributed by atoms with E-state index in [4.69, 9.17) is 14.8 Å². The van der Waals surface area contributed by atoms with E-state index < -0.39 is 0 Å². The minimum Gasteiger partial charge on any atom is -0.507 e. The number of ketones is 1. The Labute approximate surface area is 228 Å². The van der Waals surface area contributed by atoms with Crippen molar-refractivity contribution in [3.63, 3.8) is 0 Å². The van der Waals surface area contributed by atoms with Crippen molar-refractivity contribution in [1.29, 1.82) is 0 Å². The number of phenolic OH excluding ortho intramolecular Hbond substituents is 1. The standard InChI is InChI=1S/C29H36N6O4/c1-21(2)17-23(36)7-8-27(38)33-11-9-32(10-12-33)19-22-18-25-29(34-13-15-39-16-14-34)30-28(31-35(25)20-22)24-5-3-4-6-26(24)37/h3-6,17-18,20,37H,7-16,19H2,1-2H3. The van der Waals surface area contributed by atoms with Crippen LogP contribution in [0.2, 0.25) is 0 Å². The lowest BCUT2D eigenvalue weighted by atomic mass is 10.1. The molecule has 2 aliphatic rings. The van der Waals surface area contributed by atoms with Gasteiger partial charge in [0.25, 0.3) is 0 Å². The van der Waals surface area contributed by atoms with Crippen LogP contribution in [0, 0.1) is 0 Å². The number of nitrogens with zero attached hydrogens (tertiary/aromatic N) is 6. The van der Waals surface area contributed by atoms with E-state index in [2.05, 4.69) is 15.9 Å². The third-order valence-corrected chi connectivity index (χ3v) is 7.12. The number of fused-ring (bicyclic) bond motifs is 1. The van der Waals surface area contributed by atoms with Gasteiger partial charge in [0.05, 0.1) is 18.8 Å². The summed E-state index contributed by atoms with van der Waals surface area (Å²) in [6.45, 7) is 10.1. The van der Waals surface area contributed by atoms with Crippen molar-refractivity contribution in [2.75, 3.05) is 57.4 Å². The summed E-state index contributed by atoms with van der Waals surface area (Å²) in [5, 5.41) is 15.2. The first-order valence-corrected chi connectivity index (χ1v) is 13.6. The van der Waals surface area contributed by atoms with E-state index in [1.807, 2.05) is 41.6 Å². The molecule has 1 amide bonds. The summed E-state index contributed by atoms with van der Waals surface area (Å²) >= 11 is 0. The first kappa shape index (κ1) is 26.8. The number of aromatic hydroxyl groups is 1. The minimum absolute atomic E-state index is 0.00735. The molecule has 0 unspecified atom stereocenters. The number of aromatic nitrogens is 3. The zero-order valence-corrected chi connectivity index (χ0v) is 22.7. The number of rotatable bonds is 8. The van der Waals surface area contributed by atoms with E-state index in [-0.39, 0.29) is 30.3 Å². The van der Waals surface area contributed by atoms with Gasteiger partial charge in [0, 0.05) is 64.9 Å². The van der Waals surface area contributed by atoms with Gasteiger partial charge in [-0.05, 0) is 43.7 Å². The van der Waals surface area contributed by atoms with E-state index in [1.54, 1.807) is 18.2 Å². The van der Waals surface area contributed by atoms with E-state index >= 15 is 0 Å². The van der Waals surface area contributed by atoms with Gasteiger partial charge in [0.1, 0.15) is 11.3 Å². The maximum absolute atomic E-state index is 12.6. The highest BCUT2D eigenvalue weighted by molar-refractivity contribution is 5.93. The number of phenols is 1. The molecule has 2 fully saturated rings. The molecule has 4 heterocycles. The average Bonchev–Trinajstić information content (AvgIpc) is 3.34.